The Hall–Kier alpha value is -1.36. The summed E-state index contributed by atoms with van der Waals surface area (Å²) in [5.41, 5.74) is 1.10. The molecule has 0 atom stereocenters. The van der Waals surface area contributed by atoms with E-state index in [1.165, 1.54) is 0 Å². The maximum absolute atomic E-state index is 8.84. The van der Waals surface area contributed by atoms with E-state index in [2.05, 4.69) is 49.9 Å². The first-order chi connectivity index (χ1) is 10.0. The Morgan fingerprint density at radius 3 is 2.48 bits per heavy atom. The van der Waals surface area contributed by atoms with E-state index >= 15 is 0 Å². The number of hydrogen-bond donors (Lipinski definition) is 2. The van der Waals surface area contributed by atoms with Crippen LogP contribution in [0.15, 0.2) is 0 Å². The third-order valence-corrected chi connectivity index (χ3v) is 3.51. The van der Waals surface area contributed by atoms with E-state index in [4.69, 9.17) is 10.1 Å². The van der Waals surface area contributed by atoms with Gasteiger partial charge in [-0.3, -0.25) is 0 Å². The second-order valence-electron chi connectivity index (χ2n) is 5.77. The average Bonchev–Trinajstić information content (AvgIpc) is 2.45. The summed E-state index contributed by atoms with van der Waals surface area (Å²) in [6.07, 6.45) is 2.98. The number of nitrogens with zero attached hydrogens (tertiary/aromatic N) is 3. The number of nitrogens with one attached hydrogen (secondary N) is 1. The molecular weight excluding hydrogens is 264 g/mol. The molecule has 1 rings (SSSR count). The molecule has 5 heteroatoms. The third-order valence-electron chi connectivity index (χ3n) is 3.51. The van der Waals surface area contributed by atoms with Crippen molar-refractivity contribution in [3.8, 4) is 0 Å². The number of unbranched alkanes of at least 4 members (excludes halogenated alkanes) is 2. The summed E-state index contributed by atoms with van der Waals surface area (Å²) < 4.78 is 0. The summed E-state index contributed by atoms with van der Waals surface area (Å²) in [5, 5.41) is 12.2. The largest absolute Gasteiger partial charge is 0.396 e. The monoisotopic (exact) mass is 294 g/mol. The van der Waals surface area contributed by atoms with E-state index in [1.807, 2.05) is 0 Å². The minimum atomic E-state index is 0.276. The topological polar surface area (TPSA) is 61.3 Å². The summed E-state index contributed by atoms with van der Waals surface area (Å²) >= 11 is 0. The fraction of sp³-hybridized carbons (Fsp3) is 0.750. The zero-order valence-corrected chi connectivity index (χ0v) is 14.1. The highest BCUT2D eigenvalue weighted by atomic mass is 16.2. The minimum Gasteiger partial charge on any atom is -0.396 e. The molecule has 0 aromatic carbocycles. The van der Waals surface area contributed by atoms with Crippen molar-refractivity contribution >= 4 is 11.6 Å². The van der Waals surface area contributed by atoms with Crippen molar-refractivity contribution in [2.24, 2.45) is 0 Å². The van der Waals surface area contributed by atoms with Gasteiger partial charge in [0, 0.05) is 38.2 Å². The van der Waals surface area contributed by atoms with Crippen molar-refractivity contribution < 1.29 is 5.11 Å². The molecule has 0 amide bonds. The van der Waals surface area contributed by atoms with Gasteiger partial charge in [-0.15, -0.1) is 0 Å². The summed E-state index contributed by atoms with van der Waals surface area (Å²) in [6.45, 7) is 10.5. The molecule has 0 radical (unpaired) electrons. The molecule has 0 saturated heterocycles. The molecule has 1 aromatic rings. The van der Waals surface area contributed by atoms with Crippen LogP contribution in [-0.2, 0) is 0 Å². The van der Waals surface area contributed by atoms with Crippen molar-refractivity contribution in [1.29, 1.82) is 0 Å². The smallest absolute Gasteiger partial charge is 0.137 e. The second kappa shape index (κ2) is 8.82. The Labute approximate surface area is 128 Å². The summed E-state index contributed by atoms with van der Waals surface area (Å²) in [4.78, 5) is 11.6. The number of hydrogen-bond acceptors (Lipinski definition) is 5. The van der Waals surface area contributed by atoms with Gasteiger partial charge in [0.25, 0.3) is 0 Å². The van der Waals surface area contributed by atoms with E-state index in [0.717, 1.165) is 55.4 Å². The van der Waals surface area contributed by atoms with Crippen molar-refractivity contribution in [3.05, 3.63) is 11.4 Å². The van der Waals surface area contributed by atoms with Gasteiger partial charge >= 0.3 is 0 Å². The molecule has 0 bridgehead atoms. The summed E-state index contributed by atoms with van der Waals surface area (Å²) in [6, 6.07) is 0. The van der Waals surface area contributed by atoms with Crippen molar-refractivity contribution in [3.63, 3.8) is 0 Å². The number of aromatic nitrogens is 2. The maximum atomic E-state index is 8.84. The lowest BCUT2D eigenvalue weighted by Gasteiger charge is -2.23. The van der Waals surface area contributed by atoms with Crippen LogP contribution in [-0.4, -0.2) is 41.8 Å². The average molecular weight is 294 g/mol. The lowest BCUT2D eigenvalue weighted by molar-refractivity contribution is 0.283. The van der Waals surface area contributed by atoms with E-state index in [0.29, 0.717) is 5.92 Å². The quantitative estimate of drug-likeness (QED) is 0.686. The van der Waals surface area contributed by atoms with Gasteiger partial charge in [0.05, 0.1) is 0 Å². The highest BCUT2D eigenvalue weighted by Gasteiger charge is 2.15. The van der Waals surface area contributed by atoms with Crippen LogP contribution in [0.2, 0.25) is 0 Å². The van der Waals surface area contributed by atoms with Crippen molar-refractivity contribution in [2.75, 3.05) is 37.0 Å². The van der Waals surface area contributed by atoms with Crippen molar-refractivity contribution in [2.45, 2.75) is 52.9 Å². The highest BCUT2D eigenvalue weighted by molar-refractivity contribution is 5.58. The lowest BCUT2D eigenvalue weighted by atomic mass is 10.2. The zero-order valence-electron chi connectivity index (χ0n) is 14.1. The number of anilines is 2. The molecular formula is C16H30N4O. The van der Waals surface area contributed by atoms with Gasteiger partial charge in [0.1, 0.15) is 17.5 Å². The van der Waals surface area contributed by atoms with Gasteiger partial charge in [0.15, 0.2) is 0 Å². The first-order valence-electron chi connectivity index (χ1n) is 7.95. The molecule has 5 nitrogen and oxygen atoms in total. The van der Waals surface area contributed by atoms with Crippen LogP contribution in [0, 0.1) is 6.92 Å². The SMILES string of the molecule is CCNc1nc(C(C)C)nc(N(C)CCCCCO)c1C. The van der Waals surface area contributed by atoms with Gasteiger partial charge < -0.3 is 15.3 Å². The first-order valence-corrected chi connectivity index (χ1v) is 7.95. The third kappa shape index (κ3) is 5.16. The fourth-order valence-corrected chi connectivity index (χ4v) is 2.23. The normalized spacial score (nSPS) is 11.0. The van der Waals surface area contributed by atoms with Gasteiger partial charge in [0.2, 0.25) is 0 Å². The van der Waals surface area contributed by atoms with Gasteiger partial charge in [-0.1, -0.05) is 13.8 Å². The molecule has 0 unspecified atom stereocenters. The second-order valence-corrected chi connectivity index (χ2v) is 5.77. The molecule has 0 aliphatic rings. The van der Waals surface area contributed by atoms with E-state index in [-0.39, 0.29) is 6.61 Å². The molecule has 0 aliphatic carbocycles. The van der Waals surface area contributed by atoms with Crippen LogP contribution >= 0.6 is 0 Å². The Balaban J connectivity index is 2.92. The van der Waals surface area contributed by atoms with Crippen LogP contribution in [0.1, 0.15) is 57.3 Å². The Bertz CT molecular complexity index is 435. The molecule has 0 fully saturated rings. The standard InChI is InChI=1S/C16H30N4O/c1-6-17-15-13(4)16(19-14(18-15)12(2)3)20(5)10-8-7-9-11-21/h12,21H,6-11H2,1-5H3,(H,17,18,19). The Morgan fingerprint density at radius 2 is 1.90 bits per heavy atom. The summed E-state index contributed by atoms with van der Waals surface area (Å²) in [5.74, 6) is 3.14. The van der Waals surface area contributed by atoms with Crippen molar-refractivity contribution in [1.82, 2.24) is 9.97 Å². The molecule has 0 saturated carbocycles. The van der Waals surface area contributed by atoms with Gasteiger partial charge in [-0.2, -0.15) is 0 Å². The maximum Gasteiger partial charge on any atom is 0.137 e. The molecule has 21 heavy (non-hydrogen) atoms. The van der Waals surface area contributed by atoms with Gasteiger partial charge in [-0.05, 0) is 33.1 Å². The molecule has 2 N–H and O–H groups in total. The van der Waals surface area contributed by atoms with Crippen LogP contribution < -0.4 is 10.2 Å². The molecule has 120 valence electrons. The highest BCUT2D eigenvalue weighted by Crippen LogP contribution is 2.25. The van der Waals surface area contributed by atoms with Crippen LogP contribution in [0.3, 0.4) is 0 Å². The number of aliphatic hydroxyl groups excluding tert-OH is 1. The number of aliphatic hydroxyl groups is 1. The van der Waals surface area contributed by atoms with E-state index in [9.17, 15) is 0 Å². The lowest BCUT2D eigenvalue weighted by Crippen LogP contribution is -2.23. The van der Waals surface area contributed by atoms with Crippen LogP contribution in [0.25, 0.3) is 0 Å². The Kier molecular flexibility index (Phi) is 7.43. The van der Waals surface area contributed by atoms with Gasteiger partial charge in [-0.25, -0.2) is 9.97 Å². The molecule has 1 aromatic heterocycles. The zero-order chi connectivity index (χ0) is 15.8. The van der Waals surface area contributed by atoms with Crippen LogP contribution in [0.5, 0.6) is 0 Å². The Morgan fingerprint density at radius 1 is 1.19 bits per heavy atom. The molecule has 0 aliphatic heterocycles. The number of rotatable bonds is 9. The van der Waals surface area contributed by atoms with Crippen LogP contribution in [0.4, 0.5) is 11.6 Å². The predicted octanol–water partition coefficient (Wildman–Crippen LogP) is 2.94. The van der Waals surface area contributed by atoms with E-state index < -0.39 is 0 Å². The fourth-order valence-electron chi connectivity index (χ4n) is 2.23. The first kappa shape index (κ1) is 17.7. The summed E-state index contributed by atoms with van der Waals surface area (Å²) in [7, 11) is 2.08. The van der Waals surface area contributed by atoms with E-state index in [1.54, 1.807) is 0 Å². The minimum absolute atomic E-state index is 0.276. The molecule has 1 heterocycles. The predicted molar refractivity (Wildman–Crippen MR) is 89.2 cm³/mol. The molecule has 0 spiro atoms.